The molecule has 86 valence electrons. The Morgan fingerprint density at radius 1 is 1.60 bits per heavy atom. The maximum Gasteiger partial charge on any atom is 0.406 e. The number of carbonyl (C=O) groups is 1. The summed E-state index contributed by atoms with van der Waals surface area (Å²) in [6.07, 6.45) is -1.60. The minimum atomic E-state index is -4.35. The summed E-state index contributed by atoms with van der Waals surface area (Å²) in [6.45, 7) is 3.69. The van der Waals surface area contributed by atoms with Gasteiger partial charge in [0.15, 0.2) is 0 Å². The third-order valence-electron chi connectivity index (χ3n) is 2.60. The van der Waals surface area contributed by atoms with Gasteiger partial charge >= 0.3 is 6.18 Å². The number of amides is 1. The van der Waals surface area contributed by atoms with E-state index in [0.717, 1.165) is 23.8 Å². The second-order valence-corrected chi connectivity index (χ2v) is 3.86. The first kappa shape index (κ1) is 12.1. The quantitative estimate of drug-likeness (QED) is 0.667. The van der Waals surface area contributed by atoms with Gasteiger partial charge in [0.1, 0.15) is 6.54 Å². The van der Waals surface area contributed by atoms with Crippen LogP contribution in [-0.2, 0) is 4.79 Å². The van der Waals surface area contributed by atoms with Gasteiger partial charge < -0.3 is 4.90 Å². The summed E-state index contributed by atoms with van der Waals surface area (Å²) in [4.78, 5) is 12.1. The van der Waals surface area contributed by atoms with Crippen molar-refractivity contribution in [1.82, 2.24) is 4.90 Å². The van der Waals surface area contributed by atoms with Crippen molar-refractivity contribution >= 4 is 5.91 Å². The molecule has 0 spiro atoms. The Labute approximate surface area is 86.7 Å². The molecule has 1 aliphatic rings. The Morgan fingerprint density at radius 2 is 2.13 bits per heavy atom. The van der Waals surface area contributed by atoms with Gasteiger partial charge in [0, 0.05) is 6.04 Å². The van der Waals surface area contributed by atoms with E-state index in [0.29, 0.717) is 0 Å². The molecule has 0 N–H and O–H groups in total. The predicted octanol–water partition coefficient (Wildman–Crippen LogP) is 2.36. The zero-order chi connectivity index (χ0) is 11.6. The molecule has 1 saturated carbocycles. The van der Waals surface area contributed by atoms with Gasteiger partial charge in [0.05, 0.1) is 0 Å². The van der Waals surface area contributed by atoms with Crippen molar-refractivity contribution in [1.29, 1.82) is 0 Å². The Balaban J connectivity index is 2.67. The van der Waals surface area contributed by atoms with Crippen molar-refractivity contribution in [2.24, 2.45) is 5.92 Å². The predicted molar refractivity (Wildman–Crippen MR) is 50.2 cm³/mol. The highest BCUT2D eigenvalue weighted by molar-refractivity contribution is 5.87. The molecule has 0 radical (unpaired) electrons. The number of rotatable bonds is 4. The molecule has 1 fully saturated rings. The SMILES string of the molecule is C=CC(=O)N(CC(F)(F)F)C(C)C1CC1. The van der Waals surface area contributed by atoms with E-state index >= 15 is 0 Å². The highest BCUT2D eigenvalue weighted by Crippen LogP contribution is 2.36. The van der Waals surface area contributed by atoms with Gasteiger partial charge in [-0.15, -0.1) is 0 Å². The maximum absolute atomic E-state index is 12.2. The van der Waals surface area contributed by atoms with Gasteiger partial charge in [0.2, 0.25) is 5.91 Å². The Hall–Kier alpha value is -1.00. The number of hydrogen-bond donors (Lipinski definition) is 0. The van der Waals surface area contributed by atoms with Crippen LogP contribution in [0, 0.1) is 5.92 Å². The first-order valence-electron chi connectivity index (χ1n) is 4.85. The van der Waals surface area contributed by atoms with E-state index in [1.807, 2.05) is 0 Å². The highest BCUT2D eigenvalue weighted by atomic mass is 19.4. The molecule has 0 aromatic rings. The molecule has 0 bridgehead atoms. The van der Waals surface area contributed by atoms with Gasteiger partial charge in [-0.1, -0.05) is 6.58 Å². The van der Waals surface area contributed by atoms with E-state index in [1.54, 1.807) is 6.92 Å². The Bertz CT molecular complexity index is 258. The Kier molecular flexibility index (Phi) is 3.42. The molecule has 0 heterocycles. The first-order chi connectivity index (χ1) is 6.85. The van der Waals surface area contributed by atoms with Crippen LogP contribution in [0.4, 0.5) is 13.2 Å². The minimum absolute atomic E-state index is 0.219. The monoisotopic (exact) mass is 221 g/mol. The lowest BCUT2D eigenvalue weighted by atomic mass is 10.2. The molecule has 0 saturated heterocycles. The van der Waals surface area contributed by atoms with E-state index in [9.17, 15) is 18.0 Å². The van der Waals surface area contributed by atoms with Crippen LogP contribution in [0.25, 0.3) is 0 Å². The number of alkyl halides is 3. The molecule has 1 atom stereocenters. The second kappa shape index (κ2) is 4.24. The molecule has 2 nitrogen and oxygen atoms in total. The van der Waals surface area contributed by atoms with E-state index in [4.69, 9.17) is 0 Å². The normalized spacial score (nSPS) is 18.4. The lowest BCUT2D eigenvalue weighted by Gasteiger charge is -2.29. The van der Waals surface area contributed by atoms with Crippen LogP contribution in [0.2, 0.25) is 0 Å². The van der Waals surface area contributed by atoms with Crippen LogP contribution in [0.15, 0.2) is 12.7 Å². The first-order valence-corrected chi connectivity index (χ1v) is 4.85. The molecule has 0 aromatic heterocycles. The van der Waals surface area contributed by atoms with Crippen molar-refractivity contribution in [2.75, 3.05) is 6.54 Å². The minimum Gasteiger partial charge on any atom is -0.327 e. The average molecular weight is 221 g/mol. The fourth-order valence-corrected chi connectivity index (χ4v) is 1.57. The molecular formula is C10H14F3NO. The van der Waals surface area contributed by atoms with Crippen molar-refractivity contribution in [3.63, 3.8) is 0 Å². The summed E-state index contributed by atoms with van der Waals surface area (Å²) in [6, 6.07) is -0.350. The van der Waals surface area contributed by atoms with Crippen LogP contribution >= 0.6 is 0 Å². The topological polar surface area (TPSA) is 20.3 Å². The highest BCUT2D eigenvalue weighted by Gasteiger charge is 2.39. The van der Waals surface area contributed by atoms with Crippen LogP contribution in [0.5, 0.6) is 0 Å². The van der Waals surface area contributed by atoms with Gasteiger partial charge in [-0.3, -0.25) is 4.79 Å². The summed E-state index contributed by atoms with van der Waals surface area (Å²) in [5.74, 6) is -0.428. The summed E-state index contributed by atoms with van der Waals surface area (Å²) in [7, 11) is 0. The third kappa shape index (κ3) is 3.57. The largest absolute Gasteiger partial charge is 0.406 e. The zero-order valence-electron chi connectivity index (χ0n) is 8.55. The van der Waals surface area contributed by atoms with Crippen LogP contribution in [0.1, 0.15) is 19.8 Å². The summed E-state index contributed by atoms with van der Waals surface area (Å²) >= 11 is 0. The number of halogens is 3. The van der Waals surface area contributed by atoms with Crippen LogP contribution in [0.3, 0.4) is 0 Å². The fraction of sp³-hybridized carbons (Fsp3) is 0.700. The van der Waals surface area contributed by atoms with E-state index in [2.05, 4.69) is 6.58 Å². The number of hydrogen-bond acceptors (Lipinski definition) is 1. The lowest BCUT2D eigenvalue weighted by molar-refractivity contribution is -0.162. The molecular weight excluding hydrogens is 207 g/mol. The molecule has 15 heavy (non-hydrogen) atoms. The number of carbonyl (C=O) groups excluding carboxylic acids is 1. The summed E-state index contributed by atoms with van der Waals surface area (Å²) in [5.41, 5.74) is 0. The molecule has 1 amide bonds. The number of nitrogens with zero attached hydrogens (tertiary/aromatic N) is 1. The van der Waals surface area contributed by atoms with Gasteiger partial charge in [0.25, 0.3) is 0 Å². The van der Waals surface area contributed by atoms with E-state index < -0.39 is 18.6 Å². The zero-order valence-corrected chi connectivity index (χ0v) is 8.55. The van der Waals surface area contributed by atoms with Crippen LogP contribution in [-0.4, -0.2) is 29.6 Å². The molecule has 0 aromatic carbocycles. The average Bonchev–Trinajstić information content (AvgIpc) is 2.93. The smallest absolute Gasteiger partial charge is 0.327 e. The van der Waals surface area contributed by atoms with Crippen LogP contribution < -0.4 is 0 Å². The summed E-state index contributed by atoms with van der Waals surface area (Å²) < 4.78 is 36.7. The van der Waals surface area contributed by atoms with Crippen molar-refractivity contribution in [2.45, 2.75) is 32.0 Å². The summed E-state index contributed by atoms with van der Waals surface area (Å²) in [5, 5.41) is 0. The maximum atomic E-state index is 12.2. The Morgan fingerprint density at radius 3 is 2.47 bits per heavy atom. The van der Waals surface area contributed by atoms with Gasteiger partial charge in [-0.05, 0) is 31.8 Å². The molecule has 1 aliphatic carbocycles. The van der Waals surface area contributed by atoms with Crippen molar-refractivity contribution in [3.8, 4) is 0 Å². The van der Waals surface area contributed by atoms with Gasteiger partial charge in [-0.2, -0.15) is 13.2 Å². The van der Waals surface area contributed by atoms with Crippen molar-refractivity contribution < 1.29 is 18.0 Å². The molecule has 1 unspecified atom stereocenters. The van der Waals surface area contributed by atoms with Gasteiger partial charge in [-0.25, -0.2) is 0 Å². The van der Waals surface area contributed by atoms with E-state index in [-0.39, 0.29) is 12.0 Å². The van der Waals surface area contributed by atoms with Crippen molar-refractivity contribution in [3.05, 3.63) is 12.7 Å². The second-order valence-electron chi connectivity index (χ2n) is 3.86. The third-order valence-corrected chi connectivity index (χ3v) is 2.60. The standard InChI is InChI=1S/C10H14F3NO/c1-3-9(15)14(6-10(11,12)13)7(2)8-4-5-8/h3,7-8H,1,4-6H2,2H3. The molecule has 5 heteroatoms. The molecule has 1 rings (SSSR count). The lowest BCUT2D eigenvalue weighted by Crippen LogP contribution is -2.44. The fourth-order valence-electron chi connectivity index (χ4n) is 1.57. The van der Waals surface area contributed by atoms with E-state index in [1.165, 1.54) is 0 Å². The molecule has 0 aliphatic heterocycles.